The Morgan fingerprint density at radius 3 is 2.32 bits per heavy atom. The van der Waals surface area contributed by atoms with Gasteiger partial charge < -0.3 is 34.9 Å². The van der Waals surface area contributed by atoms with E-state index in [2.05, 4.69) is 50.7 Å². The number of ether oxygens (including phenoxy) is 2. The largest absolute Gasteiger partial charge is 0.469 e. The average Bonchev–Trinajstić information content (AvgIpc) is 3.37. The Morgan fingerprint density at radius 2 is 1.64 bits per heavy atom. The van der Waals surface area contributed by atoms with Crippen LogP contribution < -0.4 is 16.2 Å². The number of rotatable bonds is 18. The van der Waals surface area contributed by atoms with Gasteiger partial charge in [-0.15, -0.1) is 0 Å². The molecule has 0 atom stereocenters. The normalized spacial score (nSPS) is 14.1. The summed E-state index contributed by atoms with van der Waals surface area (Å²) in [4.78, 5) is 58.5. The molecule has 3 aromatic rings. The van der Waals surface area contributed by atoms with Gasteiger partial charge in [0.05, 0.1) is 26.7 Å². The monoisotopic (exact) mass is 653 g/mol. The number of carbonyl (C=O) groups excluding carboxylic acids is 2. The van der Waals surface area contributed by atoms with Gasteiger partial charge in [-0.3, -0.25) is 19.1 Å². The highest BCUT2D eigenvalue weighted by molar-refractivity contribution is 5.82. The number of amides is 1. The Bertz CT molecular complexity index is 1500. The second-order valence-electron chi connectivity index (χ2n) is 12.4. The number of hydrogen-bond acceptors (Lipinski definition) is 11. The van der Waals surface area contributed by atoms with E-state index in [4.69, 9.17) is 15.2 Å². The molecule has 0 spiro atoms. The summed E-state index contributed by atoms with van der Waals surface area (Å²) < 4.78 is 12.0. The molecule has 0 bridgehead atoms. The van der Waals surface area contributed by atoms with Crippen molar-refractivity contribution in [3.63, 3.8) is 0 Å². The number of anilines is 1. The standard InChI is InChI=1S/C33H51N9O5/c1-5-6-21-47-32-36-30(34)29-31(37-32)42(33(45)35-29)16-8-15-41(23-26-11-9-25(10-12-26)22-28(44)46-4)27(43)24-40-19-17-39(18-20-40)14-7-13-38(2)3/h9-12H,5-8,13-24H2,1-4H3,(H,35,45)(H2,34,36,37). The first-order valence-corrected chi connectivity index (χ1v) is 16.6. The Morgan fingerprint density at radius 1 is 0.957 bits per heavy atom. The Kier molecular flexibility index (Phi) is 13.6. The number of piperazine rings is 1. The fourth-order valence-electron chi connectivity index (χ4n) is 5.62. The lowest BCUT2D eigenvalue weighted by molar-refractivity contribution is -0.139. The van der Waals surface area contributed by atoms with E-state index in [9.17, 15) is 14.4 Å². The summed E-state index contributed by atoms with van der Waals surface area (Å²) in [7, 11) is 5.56. The molecule has 4 rings (SSSR count). The lowest BCUT2D eigenvalue weighted by atomic mass is 10.1. The summed E-state index contributed by atoms with van der Waals surface area (Å²) in [5, 5.41) is 0. The number of benzene rings is 1. The minimum atomic E-state index is -0.339. The van der Waals surface area contributed by atoms with Gasteiger partial charge in [-0.25, -0.2) is 4.79 Å². The summed E-state index contributed by atoms with van der Waals surface area (Å²) in [5.74, 6) is -0.108. The van der Waals surface area contributed by atoms with Gasteiger partial charge in [0.15, 0.2) is 11.5 Å². The second kappa shape index (κ2) is 17.8. The van der Waals surface area contributed by atoms with Gasteiger partial charge in [0.2, 0.25) is 5.91 Å². The van der Waals surface area contributed by atoms with Crippen molar-refractivity contribution in [1.29, 1.82) is 0 Å². The van der Waals surface area contributed by atoms with Crippen molar-refractivity contribution in [1.82, 2.24) is 39.1 Å². The van der Waals surface area contributed by atoms with Gasteiger partial charge in [0.1, 0.15) is 5.52 Å². The average molecular weight is 654 g/mol. The van der Waals surface area contributed by atoms with Crippen LogP contribution in [0.15, 0.2) is 29.1 Å². The summed E-state index contributed by atoms with van der Waals surface area (Å²) in [6.07, 6.45) is 3.66. The molecule has 0 unspecified atom stereocenters. The first kappa shape index (κ1) is 35.8. The lowest BCUT2D eigenvalue weighted by Crippen LogP contribution is -2.50. The Balaban J connectivity index is 1.42. The molecule has 0 aliphatic carbocycles. The van der Waals surface area contributed by atoms with Crippen LogP contribution in [-0.2, 0) is 33.8 Å². The highest BCUT2D eigenvalue weighted by Gasteiger charge is 2.23. The number of unbranched alkanes of at least 4 members (excludes halogenated alkanes) is 1. The summed E-state index contributed by atoms with van der Waals surface area (Å²) in [6.45, 7) is 9.75. The van der Waals surface area contributed by atoms with E-state index in [-0.39, 0.29) is 35.8 Å². The molecule has 1 aliphatic rings. The molecule has 1 amide bonds. The molecule has 1 aromatic carbocycles. The minimum Gasteiger partial charge on any atom is -0.469 e. The fraction of sp³-hybridized carbons (Fsp3) is 0.606. The van der Waals surface area contributed by atoms with Crippen LogP contribution in [0.2, 0.25) is 0 Å². The van der Waals surface area contributed by atoms with Gasteiger partial charge in [-0.05, 0) is 57.6 Å². The topological polar surface area (TPSA) is 155 Å². The third-order valence-corrected chi connectivity index (χ3v) is 8.40. The first-order valence-electron chi connectivity index (χ1n) is 16.6. The highest BCUT2D eigenvalue weighted by atomic mass is 16.5. The van der Waals surface area contributed by atoms with Crippen LogP contribution in [0.1, 0.15) is 43.7 Å². The molecule has 1 aliphatic heterocycles. The third-order valence-electron chi connectivity index (χ3n) is 8.40. The van der Waals surface area contributed by atoms with E-state index in [0.29, 0.717) is 50.4 Å². The van der Waals surface area contributed by atoms with E-state index in [1.807, 2.05) is 29.2 Å². The molecule has 14 heteroatoms. The zero-order valence-electron chi connectivity index (χ0n) is 28.4. The van der Waals surface area contributed by atoms with Gasteiger partial charge in [0.25, 0.3) is 0 Å². The number of hydrogen-bond donors (Lipinski definition) is 2. The summed E-state index contributed by atoms with van der Waals surface area (Å²) >= 11 is 0. The van der Waals surface area contributed by atoms with Crippen molar-refractivity contribution < 1.29 is 19.1 Å². The van der Waals surface area contributed by atoms with Crippen LogP contribution in [0.4, 0.5) is 5.82 Å². The predicted molar refractivity (Wildman–Crippen MR) is 181 cm³/mol. The summed E-state index contributed by atoms with van der Waals surface area (Å²) in [6, 6.07) is 7.80. The van der Waals surface area contributed by atoms with E-state index >= 15 is 0 Å². The molecule has 0 saturated carbocycles. The number of methoxy groups -OCH3 is 1. The molecule has 1 saturated heterocycles. The number of H-pyrrole nitrogens is 1. The predicted octanol–water partition coefficient (Wildman–Crippen LogP) is 1.58. The molecule has 0 radical (unpaired) electrons. The van der Waals surface area contributed by atoms with E-state index in [1.54, 1.807) is 0 Å². The molecule has 14 nitrogen and oxygen atoms in total. The molecule has 47 heavy (non-hydrogen) atoms. The molecule has 3 heterocycles. The minimum absolute atomic E-state index is 0.0362. The Hall–Kier alpha value is -4.01. The van der Waals surface area contributed by atoms with Crippen LogP contribution in [0.25, 0.3) is 11.2 Å². The van der Waals surface area contributed by atoms with Crippen molar-refractivity contribution >= 4 is 28.9 Å². The van der Waals surface area contributed by atoms with Crippen molar-refractivity contribution in [2.24, 2.45) is 0 Å². The van der Waals surface area contributed by atoms with Gasteiger partial charge >= 0.3 is 17.7 Å². The first-order chi connectivity index (χ1) is 22.7. The van der Waals surface area contributed by atoms with Gasteiger partial charge in [0, 0.05) is 45.8 Å². The smallest absolute Gasteiger partial charge is 0.327 e. The van der Waals surface area contributed by atoms with Crippen LogP contribution in [0, 0.1) is 0 Å². The van der Waals surface area contributed by atoms with E-state index < -0.39 is 0 Å². The third kappa shape index (κ3) is 10.8. The molecule has 2 aromatic heterocycles. The number of imidazole rings is 1. The number of esters is 1. The highest BCUT2D eigenvalue weighted by Crippen LogP contribution is 2.18. The fourth-order valence-corrected chi connectivity index (χ4v) is 5.62. The molecular formula is C33H51N9O5. The molecule has 258 valence electrons. The van der Waals surface area contributed by atoms with E-state index in [0.717, 1.165) is 69.7 Å². The zero-order valence-corrected chi connectivity index (χ0v) is 28.4. The number of fused-ring (bicyclic) bond motifs is 1. The lowest BCUT2D eigenvalue weighted by Gasteiger charge is -2.35. The van der Waals surface area contributed by atoms with Crippen molar-refractivity contribution in [3.8, 4) is 6.01 Å². The summed E-state index contributed by atoms with van der Waals surface area (Å²) in [5.41, 5.74) is 8.34. The van der Waals surface area contributed by atoms with Gasteiger partial charge in [-0.2, -0.15) is 9.97 Å². The van der Waals surface area contributed by atoms with Crippen molar-refractivity contribution in [3.05, 3.63) is 45.9 Å². The molecule has 1 fully saturated rings. The van der Waals surface area contributed by atoms with Crippen LogP contribution in [-0.4, -0.2) is 131 Å². The molecular weight excluding hydrogens is 602 g/mol. The van der Waals surface area contributed by atoms with E-state index in [1.165, 1.54) is 11.7 Å². The number of nitrogens with one attached hydrogen (secondary N) is 1. The SMILES string of the molecule is CCCCOc1nc(N)c2[nH]c(=O)n(CCCN(Cc3ccc(CC(=O)OC)cc3)C(=O)CN3CCN(CCCN(C)C)CC3)c2n1. The van der Waals surface area contributed by atoms with Crippen LogP contribution in [0.5, 0.6) is 6.01 Å². The van der Waals surface area contributed by atoms with Gasteiger partial charge in [-0.1, -0.05) is 37.6 Å². The zero-order chi connectivity index (χ0) is 33.8. The number of aromatic amines is 1. The van der Waals surface area contributed by atoms with Crippen LogP contribution >= 0.6 is 0 Å². The number of aryl methyl sites for hydroxylation is 1. The maximum Gasteiger partial charge on any atom is 0.327 e. The number of nitrogen functional groups attached to an aromatic ring is 1. The number of aromatic nitrogens is 4. The number of nitrogens with two attached hydrogens (primary N) is 1. The van der Waals surface area contributed by atoms with Crippen molar-refractivity contribution in [2.45, 2.75) is 52.1 Å². The number of nitrogens with zero attached hydrogens (tertiary/aromatic N) is 7. The second-order valence-corrected chi connectivity index (χ2v) is 12.4. The quantitative estimate of drug-likeness (QED) is 0.152. The Labute approximate surface area is 276 Å². The molecule has 3 N–H and O–H groups in total. The maximum atomic E-state index is 13.8. The number of carbonyl (C=O) groups is 2. The maximum absolute atomic E-state index is 13.8. The van der Waals surface area contributed by atoms with Crippen LogP contribution in [0.3, 0.4) is 0 Å². The van der Waals surface area contributed by atoms with Crippen molar-refractivity contribution in [2.75, 3.05) is 85.9 Å².